The molecule has 3 heterocycles. The highest BCUT2D eigenvalue weighted by Gasteiger charge is 2.24. The van der Waals surface area contributed by atoms with E-state index in [4.69, 9.17) is 28.2 Å². The van der Waals surface area contributed by atoms with Crippen LogP contribution >= 0.6 is 23.2 Å². The average Bonchev–Trinajstić information content (AvgIpc) is 3.72. The number of aromatic nitrogens is 2. The van der Waals surface area contributed by atoms with Gasteiger partial charge in [0.15, 0.2) is 0 Å². The molecule has 0 N–H and O–H groups in total. The molecular weight excluding hydrogens is 677 g/mol. The number of rotatable bonds is 5. The van der Waals surface area contributed by atoms with Gasteiger partial charge in [-0.2, -0.15) is 0 Å². The summed E-state index contributed by atoms with van der Waals surface area (Å²) in [5, 5.41) is 5.72. The molecule has 10 rings (SSSR count). The topological polar surface area (TPSA) is 22.2 Å². The molecule has 2 aromatic heterocycles. The van der Waals surface area contributed by atoms with E-state index in [-0.39, 0.29) is 11.4 Å². The summed E-state index contributed by atoms with van der Waals surface area (Å²) in [6.45, 7) is 0. The van der Waals surface area contributed by atoms with Crippen molar-refractivity contribution in [2.24, 2.45) is 4.99 Å². The maximum Gasteiger partial charge on any atom is 0.0796 e. The molecule has 8 aromatic rings. The standard InChI is InChI=1S/C47H33Cl2N3/c48-34-20-14-31(15-21-34)42-28-33(29-43(50-42)32-16-22-35(49)23-17-32)30-18-24-37(25-19-30)52-45-13-7-5-11-39(45)41-27-26-40-38-10-4-6-12-44(38)51(46(40)47(41)52)36-8-2-1-3-9-36/h1-22,24-27,29,35,42H,23,28H2. The van der Waals surface area contributed by atoms with E-state index < -0.39 is 0 Å². The lowest BCUT2D eigenvalue weighted by molar-refractivity contribution is 0.747. The number of benzene rings is 6. The molecule has 1 aliphatic carbocycles. The average molecular weight is 711 g/mol. The summed E-state index contributed by atoms with van der Waals surface area (Å²) >= 11 is 12.7. The first-order chi connectivity index (χ1) is 25.6. The van der Waals surface area contributed by atoms with Crippen LogP contribution in [-0.2, 0) is 0 Å². The Labute approximate surface area is 312 Å². The summed E-state index contributed by atoms with van der Waals surface area (Å²) in [4.78, 5) is 5.24. The number of hydrogen-bond acceptors (Lipinski definition) is 1. The molecule has 0 amide bonds. The molecule has 5 heteroatoms. The van der Waals surface area contributed by atoms with Crippen LogP contribution in [0.5, 0.6) is 0 Å². The van der Waals surface area contributed by atoms with E-state index in [2.05, 4.69) is 161 Å². The number of para-hydroxylation sites is 3. The van der Waals surface area contributed by atoms with Gasteiger partial charge in [-0.1, -0.05) is 121 Å². The Balaban J connectivity index is 1.15. The van der Waals surface area contributed by atoms with Gasteiger partial charge in [0, 0.05) is 37.9 Å². The highest BCUT2D eigenvalue weighted by atomic mass is 35.5. The van der Waals surface area contributed by atoms with Crippen molar-refractivity contribution in [3.8, 4) is 11.4 Å². The van der Waals surface area contributed by atoms with Crippen LogP contribution in [0, 0.1) is 0 Å². The summed E-state index contributed by atoms with van der Waals surface area (Å²) in [5.41, 5.74) is 12.8. The lowest BCUT2D eigenvalue weighted by atomic mass is 9.89. The highest BCUT2D eigenvalue weighted by Crippen LogP contribution is 2.42. The number of halogens is 2. The third-order valence-corrected chi connectivity index (χ3v) is 11.2. The van der Waals surface area contributed by atoms with E-state index in [0.29, 0.717) is 0 Å². The van der Waals surface area contributed by atoms with Gasteiger partial charge < -0.3 is 9.13 Å². The fraction of sp³-hybridized carbons (Fsp3) is 0.0851. The fourth-order valence-electron chi connectivity index (χ4n) is 8.14. The first kappa shape index (κ1) is 31.2. The number of aliphatic imine (C=N–C) groups is 1. The number of hydrogen-bond donors (Lipinski definition) is 0. The van der Waals surface area contributed by atoms with Crippen molar-refractivity contribution in [1.29, 1.82) is 0 Å². The first-order valence-electron chi connectivity index (χ1n) is 17.8. The van der Waals surface area contributed by atoms with Crippen LogP contribution in [0.25, 0.3) is 60.6 Å². The van der Waals surface area contributed by atoms with Gasteiger partial charge in [-0.05, 0) is 89.7 Å². The second kappa shape index (κ2) is 12.6. The third kappa shape index (κ3) is 5.15. The molecule has 0 fully saturated rings. The van der Waals surface area contributed by atoms with Crippen LogP contribution in [0.15, 0.2) is 174 Å². The van der Waals surface area contributed by atoms with Crippen molar-refractivity contribution < 1.29 is 0 Å². The van der Waals surface area contributed by atoms with E-state index in [1.54, 1.807) is 0 Å². The normalized spacial score (nSPS) is 17.5. The Bertz CT molecular complexity index is 2800. The molecule has 250 valence electrons. The molecule has 2 unspecified atom stereocenters. The molecule has 1 aliphatic heterocycles. The molecule has 2 atom stereocenters. The second-order valence-electron chi connectivity index (χ2n) is 13.7. The van der Waals surface area contributed by atoms with Crippen LogP contribution in [-0.4, -0.2) is 20.2 Å². The van der Waals surface area contributed by atoms with E-state index in [9.17, 15) is 0 Å². The molecule has 0 spiro atoms. The maximum atomic E-state index is 6.40. The zero-order valence-electron chi connectivity index (χ0n) is 28.3. The van der Waals surface area contributed by atoms with E-state index in [0.717, 1.165) is 46.1 Å². The van der Waals surface area contributed by atoms with Crippen LogP contribution in [0.3, 0.4) is 0 Å². The Kier molecular flexibility index (Phi) is 7.52. The lowest BCUT2D eigenvalue weighted by Gasteiger charge is -2.24. The molecular formula is C47H33Cl2N3. The van der Waals surface area contributed by atoms with Gasteiger partial charge in [0.2, 0.25) is 0 Å². The number of nitrogens with zero attached hydrogens (tertiary/aromatic N) is 3. The van der Waals surface area contributed by atoms with Crippen molar-refractivity contribution >= 4 is 78.1 Å². The predicted octanol–water partition coefficient (Wildman–Crippen LogP) is 13.0. The van der Waals surface area contributed by atoms with Gasteiger partial charge in [0.25, 0.3) is 0 Å². The van der Waals surface area contributed by atoms with Crippen molar-refractivity contribution in [2.45, 2.75) is 24.3 Å². The lowest BCUT2D eigenvalue weighted by Crippen LogP contribution is -2.12. The van der Waals surface area contributed by atoms with E-state index in [1.165, 1.54) is 54.7 Å². The Morgan fingerprint density at radius 2 is 1.19 bits per heavy atom. The number of allylic oxidation sites excluding steroid dienone is 5. The van der Waals surface area contributed by atoms with E-state index >= 15 is 0 Å². The molecule has 0 saturated carbocycles. The van der Waals surface area contributed by atoms with Gasteiger partial charge in [-0.3, -0.25) is 4.99 Å². The zero-order valence-corrected chi connectivity index (χ0v) is 29.8. The summed E-state index contributed by atoms with van der Waals surface area (Å²) < 4.78 is 4.89. The monoisotopic (exact) mass is 709 g/mol. The summed E-state index contributed by atoms with van der Waals surface area (Å²) in [6.07, 6.45) is 10.2. The Hall–Kier alpha value is -5.61. The molecule has 2 aliphatic rings. The van der Waals surface area contributed by atoms with Crippen LogP contribution < -0.4 is 0 Å². The predicted molar refractivity (Wildman–Crippen MR) is 221 cm³/mol. The van der Waals surface area contributed by atoms with Crippen LogP contribution in [0.4, 0.5) is 0 Å². The first-order valence-corrected chi connectivity index (χ1v) is 18.6. The van der Waals surface area contributed by atoms with Crippen molar-refractivity contribution in [2.75, 3.05) is 0 Å². The van der Waals surface area contributed by atoms with Gasteiger partial charge in [-0.15, -0.1) is 11.6 Å². The quantitative estimate of drug-likeness (QED) is 0.159. The minimum atomic E-state index is -0.0134. The van der Waals surface area contributed by atoms with Gasteiger partial charge in [0.1, 0.15) is 0 Å². The molecule has 0 saturated heterocycles. The molecule has 0 bridgehead atoms. The molecule has 0 radical (unpaired) electrons. The summed E-state index contributed by atoms with van der Waals surface area (Å²) in [6, 6.07) is 50.0. The number of fused-ring (bicyclic) bond motifs is 7. The van der Waals surface area contributed by atoms with Crippen molar-refractivity contribution in [1.82, 2.24) is 9.13 Å². The van der Waals surface area contributed by atoms with Gasteiger partial charge in [-0.25, -0.2) is 0 Å². The van der Waals surface area contributed by atoms with Crippen LogP contribution in [0.1, 0.15) is 30.0 Å². The largest absolute Gasteiger partial charge is 0.307 e. The fourth-order valence-corrected chi connectivity index (χ4v) is 8.43. The van der Waals surface area contributed by atoms with Crippen molar-refractivity contribution in [3.63, 3.8) is 0 Å². The van der Waals surface area contributed by atoms with Crippen LogP contribution in [0.2, 0.25) is 5.02 Å². The number of dihydropyridines is 1. The minimum Gasteiger partial charge on any atom is -0.307 e. The van der Waals surface area contributed by atoms with E-state index in [1.807, 2.05) is 12.1 Å². The molecule has 52 heavy (non-hydrogen) atoms. The summed E-state index contributed by atoms with van der Waals surface area (Å²) in [7, 11) is 0. The zero-order chi connectivity index (χ0) is 34.8. The van der Waals surface area contributed by atoms with Gasteiger partial charge in [0.05, 0.1) is 39.2 Å². The number of alkyl halides is 1. The maximum absolute atomic E-state index is 6.40. The SMILES string of the molecule is Clc1ccc(C2CC(c3ccc(-n4c5ccccc5c5ccc6c7ccccc7n(-c7ccccc7)c6c54)cc3)=CC(C3=CCC(Cl)C=C3)=N2)cc1. The third-order valence-electron chi connectivity index (χ3n) is 10.6. The smallest absolute Gasteiger partial charge is 0.0796 e. The second-order valence-corrected chi connectivity index (χ2v) is 14.7. The Morgan fingerprint density at radius 1 is 0.596 bits per heavy atom. The van der Waals surface area contributed by atoms with Gasteiger partial charge >= 0.3 is 0 Å². The molecule has 6 aromatic carbocycles. The summed E-state index contributed by atoms with van der Waals surface area (Å²) in [5.74, 6) is 0. The van der Waals surface area contributed by atoms with Crippen molar-refractivity contribution in [3.05, 3.63) is 186 Å². The molecule has 3 nitrogen and oxygen atoms in total. The minimum absolute atomic E-state index is 0.0134. The highest BCUT2D eigenvalue weighted by molar-refractivity contribution is 6.30. The Morgan fingerprint density at radius 3 is 1.81 bits per heavy atom.